The number of nitrogens with one attached hydrogen (secondary N) is 1. The summed E-state index contributed by atoms with van der Waals surface area (Å²) in [4.78, 5) is 22.3. The third-order valence-electron chi connectivity index (χ3n) is 2.86. The van der Waals surface area contributed by atoms with Gasteiger partial charge < -0.3 is 15.2 Å². The van der Waals surface area contributed by atoms with Gasteiger partial charge in [-0.15, -0.1) is 0 Å². The summed E-state index contributed by atoms with van der Waals surface area (Å²) in [7, 11) is 1.37. The minimum atomic E-state index is -0.969. The smallest absolute Gasteiger partial charge is 0.305 e. The first-order valence-corrected chi connectivity index (χ1v) is 6.50. The van der Waals surface area contributed by atoms with Crippen LogP contribution in [0.15, 0.2) is 24.3 Å². The van der Waals surface area contributed by atoms with Crippen molar-refractivity contribution in [3.05, 3.63) is 35.7 Å². The van der Waals surface area contributed by atoms with Crippen molar-refractivity contribution in [3.8, 4) is 5.75 Å². The van der Waals surface area contributed by atoms with Gasteiger partial charge in [-0.2, -0.15) is 0 Å². The van der Waals surface area contributed by atoms with E-state index < -0.39 is 23.7 Å². The van der Waals surface area contributed by atoms with Crippen LogP contribution in [0.4, 0.5) is 4.39 Å². The van der Waals surface area contributed by atoms with Crippen LogP contribution < -0.4 is 10.1 Å². The van der Waals surface area contributed by atoms with E-state index in [9.17, 15) is 14.0 Å². The molecule has 1 aromatic rings. The Hall–Kier alpha value is -2.37. The molecule has 2 N–H and O–H groups in total. The summed E-state index contributed by atoms with van der Waals surface area (Å²) < 4.78 is 18.3. The molecule has 1 unspecified atom stereocenters. The standard InChI is InChI=1S/C15H18FNO4/c1-3-11(9-15(19)20)17-14(18)7-5-10-4-6-13(21-2)12(16)8-10/h4-8,11H,3,9H2,1-2H3,(H,17,18)(H,19,20)/b7-5+. The summed E-state index contributed by atoms with van der Waals surface area (Å²) in [6.07, 6.45) is 3.08. The summed E-state index contributed by atoms with van der Waals surface area (Å²) in [5.74, 6) is -1.77. The molecule has 1 atom stereocenters. The number of hydrogen-bond donors (Lipinski definition) is 2. The minimum absolute atomic E-state index is 0.129. The molecule has 0 bridgehead atoms. The van der Waals surface area contributed by atoms with Crippen molar-refractivity contribution < 1.29 is 23.8 Å². The maximum absolute atomic E-state index is 13.5. The summed E-state index contributed by atoms with van der Waals surface area (Å²) in [6, 6.07) is 3.90. The molecule has 0 aliphatic heterocycles. The van der Waals surface area contributed by atoms with E-state index in [1.807, 2.05) is 0 Å². The number of aliphatic carboxylic acids is 1. The van der Waals surface area contributed by atoms with Crippen molar-refractivity contribution in [2.75, 3.05) is 7.11 Å². The van der Waals surface area contributed by atoms with Crippen LogP contribution in [0.25, 0.3) is 6.08 Å². The van der Waals surface area contributed by atoms with Crippen LogP contribution in [0.3, 0.4) is 0 Å². The average molecular weight is 295 g/mol. The zero-order valence-corrected chi connectivity index (χ0v) is 11.9. The zero-order chi connectivity index (χ0) is 15.8. The summed E-state index contributed by atoms with van der Waals surface area (Å²) in [5.41, 5.74) is 0.509. The molecule has 0 aliphatic carbocycles. The number of amides is 1. The van der Waals surface area contributed by atoms with Gasteiger partial charge >= 0.3 is 5.97 Å². The molecule has 0 heterocycles. The van der Waals surface area contributed by atoms with E-state index in [4.69, 9.17) is 9.84 Å². The number of ether oxygens (including phenoxy) is 1. The first-order chi connectivity index (χ1) is 9.96. The van der Waals surface area contributed by atoms with Crippen LogP contribution >= 0.6 is 0 Å². The van der Waals surface area contributed by atoms with Crippen molar-refractivity contribution in [2.45, 2.75) is 25.8 Å². The molecule has 0 radical (unpaired) electrons. The Morgan fingerprint density at radius 2 is 2.19 bits per heavy atom. The van der Waals surface area contributed by atoms with Gasteiger partial charge in [0.25, 0.3) is 0 Å². The van der Waals surface area contributed by atoms with Crippen LogP contribution in [0.2, 0.25) is 0 Å². The van der Waals surface area contributed by atoms with E-state index in [-0.39, 0.29) is 12.2 Å². The molecule has 1 amide bonds. The van der Waals surface area contributed by atoms with E-state index in [0.29, 0.717) is 12.0 Å². The Balaban J connectivity index is 2.65. The van der Waals surface area contributed by atoms with Crippen molar-refractivity contribution in [2.24, 2.45) is 0 Å². The van der Waals surface area contributed by atoms with Crippen molar-refractivity contribution in [1.29, 1.82) is 0 Å². The molecule has 21 heavy (non-hydrogen) atoms. The van der Waals surface area contributed by atoms with Gasteiger partial charge in [0.15, 0.2) is 11.6 Å². The quantitative estimate of drug-likeness (QED) is 0.756. The molecule has 0 saturated heterocycles. The number of hydrogen-bond acceptors (Lipinski definition) is 3. The minimum Gasteiger partial charge on any atom is -0.494 e. The van der Waals surface area contributed by atoms with Crippen molar-refractivity contribution in [1.82, 2.24) is 5.32 Å². The van der Waals surface area contributed by atoms with Gasteiger partial charge in [-0.1, -0.05) is 13.0 Å². The fourth-order valence-corrected chi connectivity index (χ4v) is 1.72. The fourth-order valence-electron chi connectivity index (χ4n) is 1.72. The number of halogens is 1. The lowest BCUT2D eigenvalue weighted by Gasteiger charge is -2.12. The molecule has 1 aromatic carbocycles. The largest absolute Gasteiger partial charge is 0.494 e. The lowest BCUT2D eigenvalue weighted by Crippen LogP contribution is -2.34. The Bertz CT molecular complexity index is 542. The Labute approximate surface area is 122 Å². The zero-order valence-electron chi connectivity index (χ0n) is 11.9. The third-order valence-corrected chi connectivity index (χ3v) is 2.86. The number of carbonyl (C=O) groups excluding carboxylic acids is 1. The van der Waals surface area contributed by atoms with Gasteiger partial charge in [-0.05, 0) is 30.2 Å². The summed E-state index contributed by atoms with van der Waals surface area (Å²) >= 11 is 0. The number of rotatable bonds is 7. The number of methoxy groups -OCH3 is 1. The van der Waals surface area contributed by atoms with Gasteiger partial charge in [-0.3, -0.25) is 9.59 Å². The van der Waals surface area contributed by atoms with E-state index in [2.05, 4.69) is 5.32 Å². The first-order valence-electron chi connectivity index (χ1n) is 6.50. The van der Waals surface area contributed by atoms with Crippen LogP contribution in [0.5, 0.6) is 5.75 Å². The molecule has 5 nitrogen and oxygen atoms in total. The second-order valence-corrected chi connectivity index (χ2v) is 4.44. The lowest BCUT2D eigenvalue weighted by atomic mass is 10.1. The van der Waals surface area contributed by atoms with Gasteiger partial charge in [0.1, 0.15) is 0 Å². The highest BCUT2D eigenvalue weighted by molar-refractivity contribution is 5.92. The number of carbonyl (C=O) groups is 2. The predicted molar refractivity (Wildman–Crippen MR) is 76.5 cm³/mol. The van der Waals surface area contributed by atoms with Gasteiger partial charge in [-0.25, -0.2) is 4.39 Å². The monoisotopic (exact) mass is 295 g/mol. The summed E-state index contributed by atoms with van der Waals surface area (Å²) in [6.45, 7) is 1.79. The third kappa shape index (κ3) is 5.64. The van der Waals surface area contributed by atoms with E-state index >= 15 is 0 Å². The molecule has 114 valence electrons. The highest BCUT2D eigenvalue weighted by Crippen LogP contribution is 2.18. The molecule has 1 rings (SSSR count). The number of carboxylic acids is 1. The molecule has 0 fully saturated rings. The van der Waals surface area contributed by atoms with Crippen molar-refractivity contribution in [3.63, 3.8) is 0 Å². The highest BCUT2D eigenvalue weighted by atomic mass is 19.1. The molecule has 6 heteroatoms. The topological polar surface area (TPSA) is 75.6 Å². The molecule has 0 aliphatic rings. The second kappa shape index (κ2) is 8.04. The van der Waals surface area contributed by atoms with Gasteiger partial charge in [0.05, 0.1) is 13.5 Å². The van der Waals surface area contributed by atoms with Crippen LogP contribution in [0.1, 0.15) is 25.3 Å². The van der Waals surface area contributed by atoms with Crippen LogP contribution in [0, 0.1) is 5.82 Å². The second-order valence-electron chi connectivity index (χ2n) is 4.44. The Morgan fingerprint density at radius 1 is 1.48 bits per heavy atom. The Morgan fingerprint density at radius 3 is 2.71 bits per heavy atom. The van der Waals surface area contributed by atoms with E-state index in [1.165, 1.54) is 31.4 Å². The van der Waals surface area contributed by atoms with E-state index in [1.54, 1.807) is 13.0 Å². The first kappa shape index (κ1) is 16.7. The number of carboxylic acid groups (broad SMARTS) is 1. The maximum Gasteiger partial charge on any atom is 0.305 e. The maximum atomic E-state index is 13.5. The van der Waals surface area contributed by atoms with Crippen LogP contribution in [-0.2, 0) is 9.59 Å². The predicted octanol–water partition coefficient (Wildman–Crippen LogP) is 2.22. The lowest BCUT2D eigenvalue weighted by molar-refractivity contribution is -0.137. The Kier molecular flexibility index (Phi) is 6.39. The van der Waals surface area contributed by atoms with Gasteiger partial charge in [0.2, 0.25) is 5.91 Å². The SMILES string of the molecule is CCC(CC(=O)O)NC(=O)/C=C/c1ccc(OC)c(F)c1. The number of benzene rings is 1. The average Bonchev–Trinajstić information content (AvgIpc) is 2.44. The molecular weight excluding hydrogens is 277 g/mol. The van der Waals surface area contributed by atoms with Crippen molar-refractivity contribution >= 4 is 18.0 Å². The van der Waals surface area contributed by atoms with Gasteiger partial charge in [0, 0.05) is 12.1 Å². The highest BCUT2D eigenvalue weighted by Gasteiger charge is 2.12. The fraction of sp³-hybridized carbons (Fsp3) is 0.333. The molecule has 0 saturated carbocycles. The molecule has 0 aromatic heterocycles. The summed E-state index contributed by atoms with van der Waals surface area (Å²) in [5, 5.41) is 11.3. The van der Waals surface area contributed by atoms with Crippen LogP contribution in [-0.4, -0.2) is 30.1 Å². The normalized spacial score (nSPS) is 12.1. The van der Waals surface area contributed by atoms with E-state index in [0.717, 1.165) is 0 Å². The molecule has 0 spiro atoms. The molecular formula is C15H18FNO4.